The van der Waals surface area contributed by atoms with Crippen LogP contribution in [0.25, 0.3) is 16.9 Å². The van der Waals surface area contributed by atoms with E-state index in [0.717, 1.165) is 5.69 Å². The maximum Gasteiger partial charge on any atom is 0.409 e. The first-order valence-electron chi connectivity index (χ1n) is 8.53. The second kappa shape index (κ2) is 7.63. The van der Waals surface area contributed by atoms with Crippen LogP contribution >= 0.6 is 0 Å². The summed E-state index contributed by atoms with van der Waals surface area (Å²) in [6, 6.07) is -0.569. The van der Waals surface area contributed by atoms with Crippen LogP contribution in [0.4, 0.5) is 13.2 Å². The van der Waals surface area contributed by atoms with E-state index in [1.165, 1.54) is 26.5 Å². The maximum atomic E-state index is 13.5. The molecular weight excluding hydrogens is 375 g/mol. The van der Waals surface area contributed by atoms with Crippen molar-refractivity contribution in [3.63, 3.8) is 0 Å². The molecule has 0 fully saturated rings. The maximum absolute atomic E-state index is 13.5. The van der Waals surface area contributed by atoms with Crippen molar-refractivity contribution in [2.24, 2.45) is 0 Å². The second-order valence-corrected chi connectivity index (χ2v) is 6.09. The average molecular weight is 395 g/mol. The Bertz CT molecular complexity index is 987. The summed E-state index contributed by atoms with van der Waals surface area (Å²) in [4.78, 5) is 12.7. The average Bonchev–Trinajstić information content (AvgIpc) is 3.04. The van der Waals surface area contributed by atoms with E-state index in [1.807, 2.05) is 6.92 Å². The number of pyridine rings is 1. The first kappa shape index (κ1) is 19.9. The van der Waals surface area contributed by atoms with Crippen LogP contribution < -0.4 is 14.8 Å². The highest BCUT2D eigenvalue weighted by atomic mass is 19.4. The zero-order valence-electron chi connectivity index (χ0n) is 15.8. The van der Waals surface area contributed by atoms with Crippen molar-refractivity contribution in [2.45, 2.75) is 26.1 Å². The third-order valence-electron chi connectivity index (χ3n) is 4.14. The van der Waals surface area contributed by atoms with Crippen LogP contribution in [-0.2, 0) is 0 Å². The van der Waals surface area contributed by atoms with Crippen molar-refractivity contribution in [3.05, 3.63) is 36.0 Å². The lowest BCUT2D eigenvalue weighted by atomic mass is 10.1. The normalized spacial score (nSPS) is 13.0. The largest absolute Gasteiger partial charge is 0.494 e. The number of imidazole rings is 1. The quantitative estimate of drug-likeness (QED) is 0.690. The number of aromatic nitrogens is 4. The molecule has 3 rings (SSSR count). The van der Waals surface area contributed by atoms with Gasteiger partial charge in [0, 0.05) is 18.0 Å². The second-order valence-electron chi connectivity index (χ2n) is 6.09. The number of nitrogens with one attached hydrogen (secondary N) is 1. The summed E-state index contributed by atoms with van der Waals surface area (Å²) in [5.74, 6) is 0.553. The van der Waals surface area contributed by atoms with E-state index in [4.69, 9.17) is 9.47 Å². The molecule has 150 valence electrons. The number of rotatable bonds is 6. The van der Waals surface area contributed by atoms with E-state index in [9.17, 15) is 13.2 Å². The first-order chi connectivity index (χ1) is 13.3. The molecule has 0 radical (unpaired) electrons. The van der Waals surface area contributed by atoms with E-state index in [0.29, 0.717) is 22.7 Å². The van der Waals surface area contributed by atoms with Crippen molar-refractivity contribution >= 4 is 5.65 Å². The van der Waals surface area contributed by atoms with Crippen LogP contribution in [-0.4, -0.2) is 46.3 Å². The molecule has 0 aliphatic heterocycles. The predicted octanol–water partition coefficient (Wildman–Crippen LogP) is 3.33. The first-order valence-corrected chi connectivity index (χ1v) is 8.53. The number of hydrogen-bond donors (Lipinski definition) is 1. The van der Waals surface area contributed by atoms with Gasteiger partial charge in [0.25, 0.3) is 5.88 Å². The van der Waals surface area contributed by atoms with E-state index >= 15 is 0 Å². The highest BCUT2D eigenvalue weighted by molar-refractivity contribution is 5.69. The van der Waals surface area contributed by atoms with Crippen LogP contribution in [0.1, 0.15) is 24.4 Å². The molecule has 3 aromatic heterocycles. The number of fused-ring (bicyclic) bond motifs is 1. The minimum Gasteiger partial charge on any atom is -0.494 e. The third kappa shape index (κ3) is 3.72. The van der Waals surface area contributed by atoms with Gasteiger partial charge in [-0.25, -0.2) is 9.97 Å². The summed E-state index contributed by atoms with van der Waals surface area (Å²) in [5, 5.41) is 2.42. The number of methoxy groups -OCH3 is 2. The molecule has 0 spiro atoms. The van der Waals surface area contributed by atoms with Gasteiger partial charge in [0.05, 0.1) is 37.5 Å². The monoisotopic (exact) mass is 395 g/mol. The lowest BCUT2D eigenvalue weighted by Crippen LogP contribution is -2.34. The smallest absolute Gasteiger partial charge is 0.409 e. The summed E-state index contributed by atoms with van der Waals surface area (Å²) in [5.41, 5.74) is 1.83. The molecule has 0 unspecified atom stereocenters. The Morgan fingerprint density at radius 2 is 1.93 bits per heavy atom. The number of nitrogens with zero attached hydrogens (tertiary/aromatic N) is 4. The highest BCUT2D eigenvalue weighted by Crippen LogP contribution is 2.36. The van der Waals surface area contributed by atoms with Gasteiger partial charge in [0.15, 0.2) is 0 Å². The number of halogens is 3. The van der Waals surface area contributed by atoms with Crippen molar-refractivity contribution in [2.75, 3.05) is 20.8 Å². The number of aryl methyl sites for hydroxylation is 1. The van der Waals surface area contributed by atoms with Crippen LogP contribution in [0, 0.1) is 6.92 Å². The summed E-state index contributed by atoms with van der Waals surface area (Å²) in [6.07, 6.45) is 0.202. The van der Waals surface area contributed by atoms with Gasteiger partial charge in [-0.05, 0) is 19.5 Å². The molecule has 10 heteroatoms. The van der Waals surface area contributed by atoms with Crippen LogP contribution in [0.15, 0.2) is 24.7 Å². The van der Waals surface area contributed by atoms with E-state index in [2.05, 4.69) is 20.3 Å². The molecule has 1 atom stereocenters. The summed E-state index contributed by atoms with van der Waals surface area (Å²) in [6.45, 7) is 3.56. The van der Waals surface area contributed by atoms with Crippen molar-refractivity contribution in [3.8, 4) is 22.9 Å². The van der Waals surface area contributed by atoms with Crippen molar-refractivity contribution < 1.29 is 22.6 Å². The summed E-state index contributed by atoms with van der Waals surface area (Å²) >= 11 is 0. The lowest BCUT2D eigenvalue weighted by Gasteiger charge is -2.21. The topological polar surface area (TPSA) is 73.6 Å². The zero-order valence-corrected chi connectivity index (χ0v) is 15.8. The fraction of sp³-hybridized carbons (Fsp3) is 0.389. The molecule has 0 bridgehead atoms. The van der Waals surface area contributed by atoms with E-state index < -0.39 is 12.2 Å². The molecule has 3 heterocycles. The van der Waals surface area contributed by atoms with Crippen LogP contribution in [0.3, 0.4) is 0 Å². The van der Waals surface area contributed by atoms with Crippen molar-refractivity contribution in [1.82, 2.24) is 24.7 Å². The molecule has 0 saturated heterocycles. The molecule has 0 saturated carbocycles. The van der Waals surface area contributed by atoms with Gasteiger partial charge in [-0.2, -0.15) is 13.2 Å². The number of hydrogen-bond acceptors (Lipinski definition) is 6. The minimum absolute atomic E-state index is 0.138. The van der Waals surface area contributed by atoms with Gasteiger partial charge < -0.3 is 19.2 Å². The molecular formula is C18H20F3N5O2. The SMILES string of the molecule is CCN[C@@H](c1cc(-c2cn3cc(C)nc3c(OC)n2)c(OC)cn1)C(F)(F)F. The molecule has 0 aromatic carbocycles. The van der Waals surface area contributed by atoms with Crippen LogP contribution in [0.5, 0.6) is 11.6 Å². The fourth-order valence-corrected chi connectivity index (χ4v) is 2.93. The zero-order chi connectivity index (χ0) is 20.5. The Hall–Kier alpha value is -2.88. The van der Waals surface area contributed by atoms with Crippen LogP contribution in [0.2, 0.25) is 0 Å². The summed E-state index contributed by atoms with van der Waals surface area (Å²) < 4.78 is 52.7. The Labute approximate surface area is 159 Å². The molecule has 3 aromatic rings. The molecule has 0 amide bonds. The highest BCUT2D eigenvalue weighted by Gasteiger charge is 2.41. The molecule has 1 N–H and O–H groups in total. The summed E-state index contributed by atoms with van der Waals surface area (Å²) in [7, 11) is 2.87. The number of ether oxygens (including phenoxy) is 2. The Kier molecular flexibility index (Phi) is 5.41. The van der Waals surface area contributed by atoms with E-state index in [-0.39, 0.29) is 18.1 Å². The van der Waals surface area contributed by atoms with Crippen molar-refractivity contribution in [1.29, 1.82) is 0 Å². The fourth-order valence-electron chi connectivity index (χ4n) is 2.93. The van der Waals surface area contributed by atoms with Gasteiger partial charge in [0.2, 0.25) is 5.65 Å². The molecule has 28 heavy (non-hydrogen) atoms. The minimum atomic E-state index is -4.49. The van der Waals surface area contributed by atoms with Gasteiger partial charge in [0.1, 0.15) is 11.8 Å². The standard InChI is InChI=1S/C18H20F3N5O2/c1-5-22-15(18(19,20)21)12-6-11(14(27-3)7-23-12)13-9-26-8-10(2)24-16(26)17(25-13)28-4/h6-9,15,22H,5H2,1-4H3/t15-/m0/s1. The molecule has 0 aliphatic rings. The van der Waals surface area contributed by atoms with Gasteiger partial charge >= 0.3 is 6.18 Å². The third-order valence-corrected chi connectivity index (χ3v) is 4.14. The van der Waals surface area contributed by atoms with E-state index in [1.54, 1.807) is 23.7 Å². The Morgan fingerprint density at radius 1 is 1.18 bits per heavy atom. The van der Waals surface area contributed by atoms with Gasteiger partial charge in [-0.15, -0.1) is 0 Å². The Morgan fingerprint density at radius 3 is 2.54 bits per heavy atom. The number of alkyl halides is 3. The molecule has 7 nitrogen and oxygen atoms in total. The van der Waals surface area contributed by atoms with Gasteiger partial charge in [-0.1, -0.05) is 6.92 Å². The predicted molar refractivity (Wildman–Crippen MR) is 96.5 cm³/mol. The molecule has 0 aliphatic carbocycles. The Balaban J connectivity index is 2.19. The van der Waals surface area contributed by atoms with Gasteiger partial charge in [-0.3, -0.25) is 4.98 Å². The lowest BCUT2D eigenvalue weighted by molar-refractivity contribution is -0.158.